The molecule has 2 aromatic rings. The first-order valence-electron chi connectivity index (χ1n) is 5.00. The van der Waals surface area contributed by atoms with Crippen molar-refractivity contribution >= 4 is 16.1 Å². The Morgan fingerprint density at radius 3 is 2.35 bits per heavy atom. The van der Waals surface area contributed by atoms with Gasteiger partial charge >= 0.3 is 0 Å². The van der Waals surface area contributed by atoms with Gasteiger partial charge in [-0.15, -0.1) is 0 Å². The molecule has 5 heteroatoms. The van der Waals surface area contributed by atoms with Crippen LogP contribution in [0.2, 0.25) is 0 Å². The first kappa shape index (κ1) is 11.6. The molecule has 0 saturated heterocycles. The van der Waals surface area contributed by atoms with Crippen molar-refractivity contribution in [3.63, 3.8) is 0 Å². The third kappa shape index (κ3) is 2.01. The van der Waals surface area contributed by atoms with Crippen LogP contribution in [0, 0.1) is 6.92 Å². The zero-order valence-corrected chi connectivity index (χ0v) is 9.99. The number of aldehydes is 1. The second kappa shape index (κ2) is 4.18. The number of nitrogens with one attached hydrogen (secondary N) is 1. The molecule has 88 valence electrons. The highest BCUT2D eigenvalue weighted by molar-refractivity contribution is 7.91. The van der Waals surface area contributed by atoms with Crippen LogP contribution in [-0.2, 0) is 9.84 Å². The molecule has 0 bridgehead atoms. The van der Waals surface area contributed by atoms with Crippen LogP contribution in [0.3, 0.4) is 0 Å². The predicted molar refractivity (Wildman–Crippen MR) is 62.8 cm³/mol. The summed E-state index contributed by atoms with van der Waals surface area (Å²) in [6.07, 6.45) is 1.94. The van der Waals surface area contributed by atoms with Crippen LogP contribution >= 0.6 is 0 Å². The third-order valence-electron chi connectivity index (χ3n) is 2.48. The molecule has 0 unspecified atom stereocenters. The summed E-state index contributed by atoms with van der Waals surface area (Å²) in [5.74, 6) is 0. The highest BCUT2D eigenvalue weighted by atomic mass is 32.2. The second-order valence-corrected chi connectivity index (χ2v) is 5.61. The van der Waals surface area contributed by atoms with Gasteiger partial charge in [0, 0.05) is 6.20 Å². The molecule has 0 amide bonds. The van der Waals surface area contributed by atoms with Crippen molar-refractivity contribution in [2.75, 3.05) is 0 Å². The molecule has 0 aliphatic carbocycles. The Morgan fingerprint density at radius 2 is 1.76 bits per heavy atom. The first-order valence-corrected chi connectivity index (χ1v) is 6.48. The standard InChI is InChI=1S/C12H11NO3S/c1-9-2-4-10(5-3-9)17(15,16)12-6-7-13-11(12)8-14/h2-8,13H,1H3. The highest BCUT2D eigenvalue weighted by Gasteiger charge is 2.21. The molecule has 1 aromatic heterocycles. The fourth-order valence-electron chi connectivity index (χ4n) is 1.54. The molecule has 1 N–H and O–H groups in total. The molecule has 0 fully saturated rings. The summed E-state index contributed by atoms with van der Waals surface area (Å²) in [4.78, 5) is 13.5. The second-order valence-electron chi connectivity index (χ2n) is 3.69. The van der Waals surface area contributed by atoms with Crippen LogP contribution in [-0.4, -0.2) is 19.7 Å². The molecule has 0 spiro atoms. The van der Waals surface area contributed by atoms with Gasteiger partial charge in [-0.3, -0.25) is 4.79 Å². The van der Waals surface area contributed by atoms with Crippen molar-refractivity contribution in [2.45, 2.75) is 16.7 Å². The Hall–Kier alpha value is -1.88. The summed E-state index contributed by atoms with van der Waals surface area (Å²) < 4.78 is 24.4. The smallest absolute Gasteiger partial charge is 0.208 e. The Labute approximate surface area is 99.2 Å². The highest BCUT2D eigenvalue weighted by Crippen LogP contribution is 2.22. The predicted octanol–water partition coefficient (Wildman–Crippen LogP) is 1.97. The van der Waals surface area contributed by atoms with E-state index in [1.54, 1.807) is 12.1 Å². The van der Waals surface area contributed by atoms with Crippen LogP contribution in [0.4, 0.5) is 0 Å². The van der Waals surface area contributed by atoms with E-state index in [0.717, 1.165) is 5.56 Å². The number of rotatable bonds is 3. The minimum Gasteiger partial charge on any atom is -0.358 e. The van der Waals surface area contributed by atoms with Crippen LogP contribution < -0.4 is 0 Å². The van der Waals surface area contributed by atoms with Crippen molar-refractivity contribution < 1.29 is 13.2 Å². The molecule has 0 saturated carbocycles. The lowest BCUT2D eigenvalue weighted by Gasteiger charge is -2.03. The molecule has 17 heavy (non-hydrogen) atoms. The van der Waals surface area contributed by atoms with Crippen molar-refractivity contribution in [3.05, 3.63) is 47.8 Å². The van der Waals surface area contributed by atoms with E-state index in [1.807, 2.05) is 6.92 Å². The number of aromatic amines is 1. The minimum atomic E-state index is -3.62. The number of H-pyrrole nitrogens is 1. The zero-order valence-electron chi connectivity index (χ0n) is 9.17. The molecule has 4 nitrogen and oxygen atoms in total. The molecule has 0 atom stereocenters. The van der Waals surface area contributed by atoms with Gasteiger partial charge in [-0.25, -0.2) is 8.42 Å². The first-order chi connectivity index (χ1) is 8.05. The van der Waals surface area contributed by atoms with Gasteiger partial charge in [0.1, 0.15) is 0 Å². The topological polar surface area (TPSA) is 67.0 Å². The van der Waals surface area contributed by atoms with E-state index in [-0.39, 0.29) is 15.5 Å². The Balaban J connectivity index is 2.57. The average Bonchev–Trinajstić information content (AvgIpc) is 2.78. The number of hydrogen-bond acceptors (Lipinski definition) is 3. The molecule has 1 aromatic carbocycles. The van der Waals surface area contributed by atoms with Crippen LogP contribution in [0.5, 0.6) is 0 Å². The molecule has 2 rings (SSSR count). The number of hydrogen-bond donors (Lipinski definition) is 1. The molecule has 0 radical (unpaired) electrons. The van der Waals surface area contributed by atoms with Gasteiger partial charge in [0.15, 0.2) is 6.29 Å². The van der Waals surface area contributed by atoms with Crippen molar-refractivity contribution in [3.8, 4) is 0 Å². The summed E-state index contributed by atoms with van der Waals surface area (Å²) in [6, 6.07) is 7.90. The maximum absolute atomic E-state index is 12.2. The normalized spacial score (nSPS) is 11.4. The lowest BCUT2D eigenvalue weighted by molar-refractivity contribution is 0.111. The summed E-state index contributed by atoms with van der Waals surface area (Å²) >= 11 is 0. The number of aryl methyl sites for hydroxylation is 1. The van der Waals surface area contributed by atoms with E-state index in [0.29, 0.717) is 6.29 Å². The minimum absolute atomic E-state index is 0.0105. The average molecular weight is 249 g/mol. The van der Waals surface area contributed by atoms with E-state index in [2.05, 4.69) is 4.98 Å². The molecule has 0 aliphatic rings. The number of carbonyl (C=O) groups is 1. The van der Waals surface area contributed by atoms with Gasteiger partial charge in [-0.1, -0.05) is 17.7 Å². The van der Waals surface area contributed by atoms with Crippen molar-refractivity contribution in [2.24, 2.45) is 0 Å². The van der Waals surface area contributed by atoms with Gasteiger partial charge in [0.2, 0.25) is 9.84 Å². The van der Waals surface area contributed by atoms with Crippen molar-refractivity contribution in [1.29, 1.82) is 0 Å². The fraction of sp³-hybridized carbons (Fsp3) is 0.0833. The summed E-state index contributed by atoms with van der Waals surface area (Å²) in [5, 5.41) is 0. The van der Waals surface area contributed by atoms with E-state index < -0.39 is 9.84 Å². The summed E-state index contributed by atoms with van der Waals surface area (Å²) in [6.45, 7) is 1.88. The molecule has 0 aliphatic heterocycles. The summed E-state index contributed by atoms with van der Waals surface area (Å²) in [7, 11) is -3.62. The van der Waals surface area contributed by atoms with E-state index in [9.17, 15) is 13.2 Å². The largest absolute Gasteiger partial charge is 0.358 e. The number of carbonyl (C=O) groups excluding carboxylic acids is 1. The van der Waals surface area contributed by atoms with E-state index >= 15 is 0 Å². The maximum Gasteiger partial charge on any atom is 0.208 e. The monoisotopic (exact) mass is 249 g/mol. The fourth-order valence-corrected chi connectivity index (χ4v) is 2.93. The summed E-state index contributed by atoms with van der Waals surface area (Å²) in [5.41, 5.74) is 1.05. The van der Waals surface area contributed by atoms with Gasteiger partial charge in [-0.05, 0) is 25.1 Å². The molecular weight excluding hydrogens is 238 g/mol. The van der Waals surface area contributed by atoms with Crippen LogP contribution in [0.15, 0.2) is 46.3 Å². The van der Waals surface area contributed by atoms with Gasteiger partial charge < -0.3 is 4.98 Å². The molecule has 1 heterocycles. The zero-order chi connectivity index (χ0) is 12.5. The lowest BCUT2D eigenvalue weighted by Crippen LogP contribution is -2.03. The van der Waals surface area contributed by atoms with Gasteiger partial charge in [0.25, 0.3) is 0 Å². The molecular formula is C12H11NO3S. The van der Waals surface area contributed by atoms with Gasteiger partial charge in [-0.2, -0.15) is 0 Å². The van der Waals surface area contributed by atoms with Gasteiger partial charge in [0.05, 0.1) is 15.5 Å². The number of sulfone groups is 1. The van der Waals surface area contributed by atoms with E-state index in [4.69, 9.17) is 0 Å². The third-order valence-corrected chi connectivity index (χ3v) is 4.31. The number of aromatic nitrogens is 1. The van der Waals surface area contributed by atoms with Crippen LogP contribution in [0.1, 0.15) is 16.1 Å². The van der Waals surface area contributed by atoms with Crippen LogP contribution in [0.25, 0.3) is 0 Å². The maximum atomic E-state index is 12.2. The Bertz CT molecular complexity index is 639. The number of benzene rings is 1. The Morgan fingerprint density at radius 1 is 1.12 bits per heavy atom. The van der Waals surface area contributed by atoms with Crippen molar-refractivity contribution in [1.82, 2.24) is 4.98 Å². The SMILES string of the molecule is Cc1ccc(S(=O)(=O)c2cc[nH]c2C=O)cc1. The lowest BCUT2D eigenvalue weighted by atomic mass is 10.2. The Kier molecular flexibility index (Phi) is 2.85. The quantitative estimate of drug-likeness (QED) is 0.846. The van der Waals surface area contributed by atoms with E-state index in [1.165, 1.54) is 24.4 Å².